The van der Waals surface area contributed by atoms with Gasteiger partial charge in [0, 0.05) is 19.2 Å². The third kappa shape index (κ3) is 4.69. The fraction of sp³-hybridized carbons (Fsp3) is 0.692. The van der Waals surface area contributed by atoms with E-state index in [1.165, 1.54) is 12.3 Å². The molecule has 0 aliphatic carbocycles. The minimum atomic E-state index is -4.51. The number of rotatable bonds is 7. The smallest absolute Gasteiger partial charge is 0.390 e. The zero-order chi connectivity index (χ0) is 19.6. The van der Waals surface area contributed by atoms with Crippen molar-refractivity contribution in [1.82, 2.24) is 14.6 Å². The molecule has 27 heavy (non-hydrogen) atoms. The molecular formula is C13H20N5O8P. The molecule has 1 aromatic rings. The van der Waals surface area contributed by atoms with Gasteiger partial charge < -0.3 is 20.5 Å². The number of nitrogen functional groups attached to an aromatic ring is 1. The molecular weight excluding hydrogens is 385 g/mol. The van der Waals surface area contributed by atoms with Crippen LogP contribution in [-0.4, -0.2) is 56.1 Å². The molecule has 2 saturated heterocycles. The molecule has 2 fully saturated rings. The van der Waals surface area contributed by atoms with Gasteiger partial charge in [0.05, 0.1) is 18.0 Å². The first-order chi connectivity index (χ1) is 12.8. The Labute approximate surface area is 153 Å². The highest BCUT2D eigenvalue weighted by molar-refractivity contribution is 7.47. The van der Waals surface area contributed by atoms with Crippen molar-refractivity contribution in [1.29, 1.82) is 0 Å². The van der Waals surface area contributed by atoms with Crippen LogP contribution in [-0.2, 0) is 18.3 Å². The standard InChI is InChI=1S/C13H20N5O8P/c14-10-3-5-17(13(20)15-10)12-6-8(19)9(25-12)7-24-27(22,23)26-11-2-1-4-18(11)16-21/h3,5,8-9,11-12,19H,1-2,4,6-7H2,(H,22,23)(H2,14,15,20)/t8-,9+,11-,12+/m0/s1. The Hall–Kier alpha value is -1.89. The van der Waals surface area contributed by atoms with Crippen molar-refractivity contribution in [3.8, 4) is 0 Å². The first-order valence-electron chi connectivity index (χ1n) is 8.23. The van der Waals surface area contributed by atoms with Gasteiger partial charge in [-0.1, -0.05) is 0 Å². The van der Waals surface area contributed by atoms with Crippen LogP contribution in [0.2, 0.25) is 0 Å². The lowest BCUT2D eigenvalue weighted by atomic mass is 10.2. The summed E-state index contributed by atoms with van der Waals surface area (Å²) < 4.78 is 28.6. The lowest BCUT2D eigenvalue weighted by Crippen LogP contribution is -2.29. The van der Waals surface area contributed by atoms with E-state index in [2.05, 4.69) is 10.3 Å². The van der Waals surface area contributed by atoms with Gasteiger partial charge in [0.1, 0.15) is 18.1 Å². The highest BCUT2D eigenvalue weighted by Crippen LogP contribution is 2.47. The van der Waals surface area contributed by atoms with Gasteiger partial charge in [-0.3, -0.25) is 13.6 Å². The molecule has 0 radical (unpaired) electrons. The van der Waals surface area contributed by atoms with Crippen molar-refractivity contribution in [3.63, 3.8) is 0 Å². The SMILES string of the molecule is Nc1ccn([C@H]2C[C@H](O)[C@@H](COP(=O)(O)O[C@H]3CCCN3N=O)O2)c(=O)n1. The van der Waals surface area contributed by atoms with E-state index in [4.69, 9.17) is 19.5 Å². The van der Waals surface area contributed by atoms with Crippen molar-refractivity contribution in [3.05, 3.63) is 27.7 Å². The van der Waals surface area contributed by atoms with E-state index in [0.717, 1.165) is 9.58 Å². The van der Waals surface area contributed by atoms with Crippen LogP contribution >= 0.6 is 7.82 Å². The average Bonchev–Trinajstić information content (AvgIpc) is 3.18. The molecule has 13 nitrogen and oxygen atoms in total. The molecule has 3 rings (SSSR count). The van der Waals surface area contributed by atoms with Crippen LogP contribution in [0.4, 0.5) is 5.82 Å². The lowest BCUT2D eigenvalue weighted by molar-refractivity contribution is -0.0520. The van der Waals surface area contributed by atoms with Crippen molar-refractivity contribution >= 4 is 13.6 Å². The summed E-state index contributed by atoms with van der Waals surface area (Å²) in [6.45, 7) is -0.130. The van der Waals surface area contributed by atoms with Gasteiger partial charge in [-0.15, -0.1) is 4.91 Å². The van der Waals surface area contributed by atoms with Crippen molar-refractivity contribution < 1.29 is 28.3 Å². The third-order valence-electron chi connectivity index (χ3n) is 4.30. The number of nitrogens with two attached hydrogens (primary N) is 1. The molecule has 2 aliphatic heterocycles. The quantitative estimate of drug-likeness (QED) is 0.401. The van der Waals surface area contributed by atoms with Gasteiger partial charge >= 0.3 is 13.5 Å². The third-order valence-corrected chi connectivity index (χ3v) is 5.28. The molecule has 5 atom stereocenters. The number of aliphatic hydroxyl groups is 1. The summed E-state index contributed by atoms with van der Waals surface area (Å²) >= 11 is 0. The Morgan fingerprint density at radius 2 is 2.30 bits per heavy atom. The molecule has 0 aromatic carbocycles. The van der Waals surface area contributed by atoms with Gasteiger partial charge in [0.2, 0.25) is 0 Å². The Morgan fingerprint density at radius 1 is 1.52 bits per heavy atom. The summed E-state index contributed by atoms with van der Waals surface area (Å²) in [6, 6.07) is 1.41. The van der Waals surface area contributed by atoms with Crippen molar-refractivity contribution in [2.45, 2.75) is 43.9 Å². The van der Waals surface area contributed by atoms with E-state index >= 15 is 0 Å². The summed E-state index contributed by atoms with van der Waals surface area (Å²) in [5.74, 6) is 0.0545. The minimum absolute atomic E-state index is 0.0545. The molecule has 0 bridgehead atoms. The maximum atomic E-state index is 12.1. The van der Waals surface area contributed by atoms with Crippen LogP contribution in [0.1, 0.15) is 25.5 Å². The highest BCUT2D eigenvalue weighted by Gasteiger charge is 2.39. The van der Waals surface area contributed by atoms with Crippen LogP contribution < -0.4 is 11.4 Å². The van der Waals surface area contributed by atoms with Gasteiger partial charge in [-0.2, -0.15) is 4.98 Å². The fourth-order valence-electron chi connectivity index (χ4n) is 2.95. The Kier molecular flexibility index (Phi) is 5.89. The second-order valence-electron chi connectivity index (χ2n) is 6.19. The minimum Gasteiger partial charge on any atom is -0.390 e. The lowest BCUT2D eigenvalue weighted by Gasteiger charge is -2.22. The molecule has 0 saturated carbocycles. The number of phosphoric ester groups is 1. The zero-order valence-electron chi connectivity index (χ0n) is 14.2. The maximum absolute atomic E-state index is 12.1. The van der Waals surface area contributed by atoms with Crippen molar-refractivity contribution in [2.75, 3.05) is 18.9 Å². The fourth-order valence-corrected chi connectivity index (χ4v) is 3.87. The second kappa shape index (κ2) is 8.00. The molecule has 0 amide bonds. The van der Waals surface area contributed by atoms with E-state index in [9.17, 15) is 24.3 Å². The average molecular weight is 405 g/mol. The molecule has 150 valence electrons. The molecule has 4 N–H and O–H groups in total. The molecule has 1 unspecified atom stereocenters. The Balaban J connectivity index is 1.57. The maximum Gasteiger partial charge on any atom is 0.474 e. The summed E-state index contributed by atoms with van der Waals surface area (Å²) in [6.07, 6.45) is -1.39. The number of anilines is 1. The van der Waals surface area contributed by atoms with Gasteiger partial charge in [-0.05, 0) is 18.9 Å². The molecule has 2 aliphatic rings. The number of aromatic nitrogens is 2. The Morgan fingerprint density at radius 3 is 3.00 bits per heavy atom. The largest absolute Gasteiger partial charge is 0.474 e. The topological polar surface area (TPSA) is 179 Å². The van der Waals surface area contributed by atoms with Crippen LogP contribution in [0.5, 0.6) is 0 Å². The van der Waals surface area contributed by atoms with E-state index in [1.54, 1.807) is 0 Å². The Bertz CT molecular complexity index is 790. The van der Waals surface area contributed by atoms with Gasteiger partial charge in [-0.25, -0.2) is 14.4 Å². The predicted molar refractivity (Wildman–Crippen MR) is 89.8 cm³/mol. The number of aliphatic hydroxyl groups excluding tert-OH is 1. The molecule has 3 heterocycles. The van der Waals surface area contributed by atoms with Gasteiger partial charge in [0.15, 0.2) is 6.23 Å². The molecule has 1 aromatic heterocycles. The van der Waals surface area contributed by atoms with Crippen molar-refractivity contribution in [2.24, 2.45) is 5.29 Å². The first-order valence-corrected chi connectivity index (χ1v) is 9.72. The summed E-state index contributed by atoms with van der Waals surface area (Å²) in [4.78, 5) is 35.9. The summed E-state index contributed by atoms with van der Waals surface area (Å²) in [5, 5.41) is 13.8. The number of phosphoric acid groups is 1. The zero-order valence-corrected chi connectivity index (χ0v) is 15.1. The number of hydrogen-bond donors (Lipinski definition) is 3. The van der Waals surface area contributed by atoms with Crippen LogP contribution in [0.25, 0.3) is 0 Å². The normalized spacial score (nSPS) is 30.4. The number of nitroso groups, excluding NO2 is 1. The van der Waals surface area contributed by atoms with Gasteiger partial charge in [0.25, 0.3) is 0 Å². The first kappa shape index (κ1) is 19.9. The number of nitrogens with zero attached hydrogens (tertiary/aromatic N) is 4. The molecule has 14 heteroatoms. The van der Waals surface area contributed by atoms with Crippen LogP contribution in [0, 0.1) is 4.91 Å². The van der Waals surface area contributed by atoms with Crippen LogP contribution in [0.15, 0.2) is 22.3 Å². The van der Waals surface area contributed by atoms with E-state index < -0.39 is 44.8 Å². The van der Waals surface area contributed by atoms with E-state index in [-0.39, 0.29) is 12.2 Å². The predicted octanol–water partition coefficient (Wildman–Crippen LogP) is -0.289. The second-order valence-corrected chi connectivity index (χ2v) is 7.59. The monoisotopic (exact) mass is 405 g/mol. The van der Waals surface area contributed by atoms with E-state index in [0.29, 0.717) is 19.4 Å². The summed E-state index contributed by atoms with van der Waals surface area (Å²) in [5.41, 5.74) is 4.78. The highest BCUT2D eigenvalue weighted by atomic mass is 31.2. The number of ether oxygens (including phenoxy) is 1. The molecule has 0 spiro atoms. The van der Waals surface area contributed by atoms with E-state index in [1.807, 2.05) is 0 Å². The number of hydrogen-bond acceptors (Lipinski definition) is 10. The summed E-state index contributed by atoms with van der Waals surface area (Å²) in [7, 11) is -4.51. The van der Waals surface area contributed by atoms with Crippen LogP contribution in [0.3, 0.4) is 0 Å².